The standard InChI is InChI=1S/C12H16N4/c1-2-8-6-14-12-10(13)11(9-4-3-5-9)15-16(12)7-8/h6-7,9H,2-5,13H2,1H3. The first-order valence-corrected chi connectivity index (χ1v) is 5.92. The third kappa shape index (κ3) is 1.29. The summed E-state index contributed by atoms with van der Waals surface area (Å²) in [5.41, 5.74) is 9.91. The van der Waals surface area contributed by atoms with Gasteiger partial charge < -0.3 is 5.73 Å². The second-order valence-electron chi connectivity index (χ2n) is 4.51. The second-order valence-corrected chi connectivity index (χ2v) is 4.51. The Kier molecular flexibility index (Phi) is 2.09. The molecule has 0 unspecified atom stereocenters. The van der Waals surface area contributed by atoms with Gasteiger partial charge in [0.05, 0.1) is 5.69 Å². The predicted octanol–water partition coefficient (Wildman–Crippen LogP) is 2.14. The SMILES string of the molecule is CCc1cnc2c(N)c(C3CCC3)nn2c1. The summed E-state index contributed by atoms with van der Waals surface area (Å²) in [7, 11) is 0. The van der Waals surface area contributed by atoms with Crippen LogP contribution < -0.4 is 5.73 Å². The van der Waals surface area contributed by atoms with Crippen molar-refractivity contribution in [3.63, 3.8) is 0 Å². The zero-order valence-electron chi connectivity index (χ0n) is 9.48. The fourth-order valence-corrected chi connectivity index (χ4v) is 2.17. The van der Waals surface area contributed by atoms with Gasteiger partial charge >= 0.3 is 0 Å². The lowest BCUT2D eigenvalue weighted by atomic mass is 9.82. The number of nitrogens with two attached hydrogens (primary N) is 1. The first kappa shape index (κ1) is 9.63. The molecule has 1 saturated carbocycles. The number of hydrogen-bond acceptors (Lipinski definition) is 3. The lowest BCUT2D eigenvalue weighted by Gasteiger charge is -2.23. The molecule has 4 nitrogen and oxygen atoms in total. The van der Waals surface area contributed by atoms with Crippen molar-refractivity contribution in [2.75, 3.05) is 5.73 Å². The van der Waals surface area contributed by atoms with Gasteiger partial charge in [0.25, 0.3) is 0 Å². The Morgan fingerprint density at radius 3 is 2.94 bits per heavy atom. The molecule has 2 N–H and O–H groups in total. The van der Waals surface area contributed by atoms with Crippen LogP contribution in [0.5, 0.6) is 0 Å². The van der Waals surface area contributed by atoms with E-state index in [0.717, 1.165) is 23.4 Å². The molecule has 0 saturated heterocycles. The van der Waals surface area contributed by atoms with E-state index in [9.17, 15) is 0 Å². The first-order valence-electron chi connectivity index (χ1n) is 5.92. The average molecular weight is 216 g/mol. The molecule has 0 spiro atoms. The van der Waals surface area contributed by atoms with E-state index in [2.05, 4.69) is 17.0 Å². The normalized spacial score (nSPS) is 16.6. The number of aromatic nitrogens is 3. The Balaban J connectivity index is 2.13. The summed E-state index contributed by atoms with van der Waals surface area (Å²) in [6, 6.07) is 0. The largest absolute Gasteiger partial charge is 0.394 e. The highest BCUT2D eigenvalue weighted by Crippen LogP contribution is 2.39. The molecule has 84 valence electrons. The van der Waals surface area contributed by atoms with Crippen LogP contribution in [0.15, 0.2) is 12.4 Å². The number of anilines is 1. The van der Waals surface area contributed by atoms with E-state index in [1.165, 1.54) is 24.8 Å². The molecule has 1 aliphatic carbocycles. The van der Waals surface area contributed by atoms with E-state index in [-0.39, 0.29) is 0 Å². The summed E-state index contributed by atoms with van der Waals surface area (Å²) in [4.78, 5) is 4.39. The zero-order chi connectivity index (χ0) is 11.1. The molecule has 2 aromatic heterocycles. The molecule has 4 heteroatoms. The molecule has 0 aliphatic heterocycles. The van der Waals surface area contributed by atoms with E-state index in [1.807, 2.05) is 16.9 Å². The van der Waals surface area contributed by atoms with Crippen molar-refractivity contribution < 1.29 is 0 Å². The van der Waals surface area contributed by atoms with Crippen molar-refractivity contribution >= 4 is 11.3 Å². The molecule has 2 aromatic rings. The fraction of sp³-hybridized carbons (Fsp3) is 0.500. The molecule has 0 atom stereocenters. The Morgan fingerprint density at radius 1 is 1.50 bits per heavy atom. The van der Waals surface area contributed by atoms with Crippen LogP contribution in [0.1, 0.15) is 43.4 Å². The van der Waals surface area contributed by atoms with Gasteiger partial charge in [-0.1, -0.05) is 13.3 Å². The van der Waals surface area contributed by atoms with E-state index in [0.29, 0.717) is 5.92 Å². The molecule has 0 radical (unpaired) electrons. The summed E-state index contributed by atoms with van der Waals surface area (Å²) in [5.74, 6) is 0.562. The fourth-order valence-electron chi connectivity index (χ4n) is 2.17. The highest BCUT2D eigenvalue weighted by Gasteiger charge is 2.25. The highest BCUT2D eigenvalue weighted by atomic mass is 15.3. The quantitative estimate of drug-likeness (QED) is 0.836. The second kappa shape index (κ2) is 3.47. The molecular formula is C12H16N4. The zero-order valence-corrected chi connectivity index (χ0v) is 9.48. The van der Waals surface area contributed by atoms with Gasteiger partial charge in [-0.3, -0.25) is 0 Å². The van der Waals surface area contributed by atoms with Gasteiger partial charge in [0, 0.05) is 18.3 Å². The Bertz CT molecular complexity index is 525. The first-order chi connectivity index (χ1) is 7.79. The van der Waals surface area contributed by atoms with Gasteiger partial charge in [0.1, 0.15) is 5.69 Å². The van der Waals surface area contributed by atoms with E-state index in [4.69, 9.17) is 5.73 Å². The Labute approximate surface area is 94.5 Å². The summed E-state index contributed by atoms with van der Waals surface area (Å²) in [6.45, 7) is 2.11. The number of aryl methyl sites for hydroxylation is 1. The molecule has 0 bridgehead atoms. The third-order valence-corrected chi connectivity index (χ3v) is 3.49. The molecule has 2 heterocycles. The van der Waals surface area contributed by atoms with Crippen LogP contribution in [0.2, 0.25) is 0 Å². The lowest BCUT2D eigenvalue weighted by molar-refractivity contribution is 0.410. The summed E-state index contributed by atoms with van der Waals surface area (Å²) in [6.07, 6.45) is 8.62. The maximum atomic E-state index is 6.10. The highest BCUT2D eigenvalue weighted by molar-refractivity contribution is 5.68. The number of nitrogens with zero attached hydrogens (tertiary/aromatic N) is 3. The minimum absolute atomic E-state index is 0.562. The maximum Gasteiger partial charge on any atom is 0.178 e. The van der Waals surface area contributed by atoms with E-state index >= 15 is 0 Å². The molecular weight excluding hydrogens is 200 g/mol. The van der Waals surface area contributed by atoms with Gasteiger partial charge in [0.15, 0.2) is 5.65 Å². The molecule has 1 aliphatic rings. The Morgan fingerprint density at radius 2 is 2.31 bits per heavy atom. The number of fused-ring (bicyclic) bond motifs is 1. The lowest BCUT2D eigenvalue weighted by Crippen LogP contribution is -2.11. The summed E-state index contributed by atoms with van der Waals surface area (Å²) in [5, 5.41) is 4.57. The molecule has 0 amide bonds. The van der Waals surface area contributed by atoms with Crippen molar-refractivity contribution in [1.29, 1.82) is 0 Å². The third-order valence-electron chi connectivity index (χ3n) is 3.49. The number of rotatable bonds is 2. The van der Waals surface area contributed by atoms with Gasteiger partial charge in [-0.15, -0.1) is 0 Å². The van der Waals surface area contributed by atoms with Crippen molar-refractivity contribution in [3.8, 4) is 0 Å². The van der Waals surface area contributed by atoms with E-state index in [1.54, 1.807) is 0 Å². The van der Waals surface area contributed by atoms with Crippen LogP contribution >= 0.6 is 0 Å². The van der Waals surface area contributed by atoms with Crippen molar-refractivity contribution in [2.45, 2.75) is 38.5 Å². The van der Waals surface area contributed by atoms with Crippen LogP contribution in [-0.2, 0) is 6.42 Å². The van der Waals surface area contributed by atoms with Gasteiger partial charge in [-0.2, -0.15) is 5.10 Å². The van der Waals surface area contributed by atoms with Gasteiger partial charge in [0.2, 0.25) is 0 Å². The molecule has 0 aromatic carbocycles. The minimum Gasteiger partial charge on any atom is -0.394 e. The van der Waals surface area contributed by atoms with Gasteiger partial charge in [-0.05, 0) is 24.8 Å². The monoisotopic (exact) mass is 216 g/mol. The van der Waals surface area contributed by atoms with Crippen molar-refractivity contribution in [3.05, 3.63) is 23.7 Å². The van der Waals surface area contributed by atoms with Crippen LogP contribution in [0, 0.1) is 0 Å². The Hall–Kier alpha value is -1.58. The van der Waals surface area contributed by atoms with Crippen LogP contribution in [0.4, 0.5) is 5.69 Å². The van der Waals surface area contributed by atoms with Crippen LogP contribution in [-0.4, -0.2) is 14.6 Å². The minimum atomic E-state index is 0.562. The summed E-state index contributed by atoms with van der Waals surface area (Å²) < 4.78 is 1.84. The maximum absolute atomic E-state index is 6.10. The smallest absolute Gasteiger partial charge is 0.178 e. The predicted molar refractivity (Wildman–Crippen MR) is 63.4 cm³/mol. The van der Waals surface area contributed by atoms with Crippen LogP contribution in [0.25, 0.3) is 5.65 Å². The number of hydrogen-bond donors (Lipinski definition) is 1. The van der Waals surface area contributed by atoms with E-state index < -0.39 is 0 Å². The molecule has 1 fully saturated rings. The summed E-state index contributed by atoms with van der Waals surface area (Å²) >= 11 is 0. The number of nitrogen functional groups attached to an aromatic ring is 1. The topological polar surface area (TPSA) is 56.2 Å². The molecule has 16 heavy (non-hydrogen) atoms. The van der Waals surface area contributed by atoms with Crippen molar-refractivity contribution in [2.24, 2.45) is 0 Å². The van der Waals surface area contributed by atoms with Crippen LogP contribution in [0.3, 0.4) is 0 Å². The van der Waals surface area contributed by atoms with Crippen molar-refractivity contribution in [1.82, 2.24) is 14.6 Å². The average Bonchev–Trinajstić information content (AvgIpc) is 2.54. The molecule has 3 rings (SSSR count). The van der Waals surface area contributed by atoms with Gasteiger partial charge in [-0.25, -0.2) is 9.50 Å².